The molecule has 5 nitrogen and oxygen atoms in total. The summed E-state index contributed by atoms with van der Waals surface area (Å²) in [4.78, 5) is 12.3. The molecule has 0 saturated heterocycles. The summed E-state index contributed by atoms with van der Waals surface area (Å²) in [6.45, 7) is 1.95. The molecule has 2 aromatic rings. The molecule has 174 valence electrons. The van der Waals surface area contributed by atoms with Crippen molar-refractivity contribution in [3.8, 4) is 0 Å². The molecule has 1 fully saturated rings. The van der Waals surface area contributed by atoms with Crippen LogP contribution in [0, 0.1) is 28.8 Å². The van der Waals surface area contributed by atoms with Crippen LogP contribution in [0.2, 0.25) is 5.02 Å². The molecule has 0 aliphatic heterocycles. The van der Waals surface area contributed by atoms with Crippen LogP contribution in [0.25, 0.3) is 0 Å². The van der Waals surface area contributed by atoms with Crippen LogP contribution >= 0.6 is 11.6 Å². The molecule has 32 heavy (non-hydrogen) atoms. The van der Waals surface area contributed by atoms with Crippen molar-refractivity contribution in [3.63, 3.8) is 0 Å². The van der Waals surface area contributed by atoms with Crippen molar-refractivity contribution in [2.24, 2.45) is 11.3 Å². The van der Waals surface area contributed by atoms with Gasteiger partial charge in [0.05, 0.1) is 15.7 Å². The van der Waals surface area contributed by atoms with Gasteiger partial charge in [-0.25, -0.2) is 21.6 Å². The van der Waals surface area contributed by atoms with Crippen LogP contribution in [0.5, 0.6) is 0 Å². The highest BCUT2D eigenvalue weighted by Crippen LogP contribution is 2.41. The van der Waals surface area contributed by atoms with Crippen LogP contribution in [-0.2, 0) is 9.84 Å². The summed E-state index contributed by atoms with van der Waals surface area (Å²) in [5, 5.41) is 11.5. The monoisotopic (exact) mass is 489 g/mol. The standard InChI is InChI=1S/C22H23ClF3NO4S/c1-22(6-4-13(11-28)5-7-22)12-32(30,31)19-8-14(2-3-16(19)23)21(29)27-15-9-17(24)20(26)18(25)10-15/h2-3,8-10,13,28H,4-7,11-12H2,1H3,(H,27,29)/t13-,22+. The highest BCUT2D eigenvalue weighted by molar-refractivity contribution is 7.91. The summed E-state index contributed by atoms with van der Waals surface area (Å²) >= 11 is 6.13. The highest BCUT2D eigenvalue weighted by Gasteiger charge is 2.36. The van der Waals surface area contributed by atoms with Crippen LogP contribution in [-0.4, -0.2) is 31.8 Å². The molecule has 0 aromatic heterocycles. The largest absolute Gasteiger partial charge is 0.396 e. The first-order valence-corrected chi connectivity index (χ1v) is 12.1. The van der Waals surface area contributed by atoms with Crippen molar-refractivity contribution in [2.45, 2.75) is 37.5 Å². The Morgan fingerprint density at radius 1 is 1.16 bits per heavy atom. The number of aliphatic hydroxyl groups is 1. The maximum atomic E-state index is 13.4. The number of rotatable bonds is 6. The number of aliphatic hydroxyl groups excluding tert-OH is 1. The fourth-order valence-electron chi connectivity index (χ4n) is 3.95. The topological polar surface area (TPSA) is 83.5 Å². The van der Waals surface area contributed by atoms with Gasteiger partial charge in [0.2, 0.25) is 0 Å². The predicted molar refractivity (Wildman–Crippen MR) is 115 cm³/mol. The third-order valence-corrected chi connectivity index (χ3v) is 8.41. The lowest BCUT2D eigenvalue weighted by Gasteiger charge is -2.36. The van der Waals surface area contributed by atoms with Gasteiger partial charge in [-0.1, -0.05) is 18.5 Å². The summed E-state index contributed by atoms with van der Waals surface area (Å²) in [5.74, 6) is -5.44. The second kappa shape index (κ2) is 9.41. The van der Waals surface area contributed by atoms with Crippen molar-refractivity contribution in [3.05, 3.63) is 58.4 Å². The van der Waals surface area contributed by atoms with Gasteiger partial charge in [0.15, 0.2) is 27.3 Å². The molecule has 1 amide bonds. The summed E-state index contributed by atoms with van der Waals surface area (Å²) in [5.41, 5.74) is -0.902. The molecule has 0 radical (unpaired) electrons. The number of amides is 1. The van der Waals surface area contributed by atoms with Crippen LogP contribution in [0.4, 0.5) is 18.9 Å². The van der Waals surface area contributed by atoms with E-state index in [0.29, 0.717) is 25.0 Å². The molecule has 1 aliphatic rings. The number of carbonyl (C=O) groups excluding carboxylic acids is 1. The van der Waals surface area contributed by atoms with Gasteiger partial charge in [-0.15, -0.1) is 0 Å². The lowest BCUT2D eigenvalue weighted by Crippen LogP contribution is -2.33. The van der Waals surface area contributed by atoms with E-state index in [1.54, 1.807) is 0 Å². The Morgan fingerprint density at radius 3 is 2.31 bits per heavy atom. The number of nitrogens with one attached hydrogen (secondary N) is 1. The Bertz CT molecular complexity index is 1110. The van der Waals surface area contributed by atoms with E-state index in [1.807, 2.05) is 6.92 Å². The predicted octanol–water partition coefficient (Wildman–Crippen LogP) is 4.97. The number of sulfone groups is 1. The van der Waals surface area contributed by atoms with Crippen LogP contribution < -0.4 is 5.32 Å². The Labute approximate surface area is 189 Å². The Morgan fingerprint density at radius 2 is 1.75 bits per heavy atom. The lowest BCUT2D eigenvalue weighted by atomic mass is 9.73. The fourth-order valence-corrected chi connectivity index (χ4v) is 6.46. The zero-order chi connectivity index (χ0) is 23.7. The van der Waals surface area contributed by atoms with Gasteiger partial charge in [-0.3, -0.25) is 4.79 Å². The molecule has 1 saturated carbocycles. The molecule has 0 heterocycles. The molecule has 3 rings (SSSR count). The van der Waals surface area contributed by atoms with E-state index in [0.717, 1.165) is 18.9 Å². The van der Waals surface area contributed by atoms with E-state index in [9.17, 15) is 31.5 Å². The maximum Gasteiger partial charge on any atom is 0.255 e. The molecular weight excluding hydrogens is 467 g/mol. The zero-order valence-electron chi connectivity index (χ0n) is 17.3. The molecule has 10 heteroatoms. The summed E-state index contributed by atoms with van der Waals surface area (Å²) in [6.07, 6.45) is 2.72. The van der Waals surface area contributed by atoms with E-state index >= 15 is 0 Å². The number of benzene rings is 2. The first-order valence-electron chi connectivity index (χ1n) is 10.0. The lowest BCUT2D eigenvalue weighted by molar-refractivity contribution is 0.102. The van der Waals surface area contributed by atoms with Gasteiger partial charge >= 0.3 is 0 Å². The van der Waals surface area contributed by atoms with Gasteiger partial charge in [0.1, 0.15) is 0 Å². The average Bonchev–Trinajstić information content (AvgIpc) is 2.72. The molecule has 2 N–H and O–H groups in total. The third-order valence-electron chi connectivity index (χ3n) is 5.88. The number of anilines is 1. The number of hydrogen-bond donors (Lipinski definition) is 2. The Hall–Kier alpha value is -2.10. The normalized spacial score (nSPS) is 21.4. The number of hydrogen-bond acceptors (Lipinski definition) is 4. The summed E-state index contributed by atoms with van der Waals surface area (Å²) < 4.78 is 66.2. The molecule has 0 unspecified atom stereocenters. The van der Waals surface area contributed by atoms with Gasteiger partial charge in [0, 0.05) is 30.0 Å². The summed E-state index contributed by atoms with van der Waals surface area (Å²) in [7, 11) is -3.87. The number of halogens is 4. The Kier molecular flexibility index (Phi) is 7.21. The van der Waals surface area contributed by atoms with Crippen molar-refractivity contribution >= 4 is 33.0 Å². The van der Waals surface area contributed by atoms with Gasteiger partial charge in [-0.05, 0) is 55.2 Å². The first kappa shape index (κ1) is 24.5. The molecule has 0 spiro atoms. The molecule has 0 bridgehead atoms. The minimum absolute atomic E-state index is 0.0481. The highest BCUT2D eigenvalue weighted by atomic mass is 35.5. The SMILES string of the molecule is C[C@]1(CS(=O)(=O)c2cc(C(=O)Nc3cc(F)c(F)c(F)c3)ccc2Cl)CC[C@@H](CO)CC1. The van der Waals surface area contributed by atoms with E-state index in [-0.39, 0.29) is 39.4 Å². The van der Waals surface area contributed by atoms with Crippen LogP contribution in [0.1, 0.15) is 43.0 Å². The molecular formula is C22H23ClF3NO4S. The first-order chi connectivity index (χ1) is 14.9. The van der Waals surface area contributed by atoms with E-state index < -0.39 is 38.6 Å². The number of carbonyl (C=O) groups is 1. The van der Waals surface area contributed by atoms with Gasteiger partial charge < -0.3 is 10.4 Å². The quantitative estimate of drug-likeness (QED) is 0.561. The molecule has 1 aliphatic carbocycles. The van der Waals surface area contributed by atoms with Crippen molar-refractivity contribution in [1.82, 2.24) is 0 Å². The van der Waals surface area contributed by atoms with Crippen molar-refractivity contribution in [2.75, 3.05) is 17.7 Å². The van der Waals surface area contributed by atoms with E-state index in [2.05, 4.69) is 5.32 Å². The van der Waals surface area contributed by atoms with E-state index in [1.165, 1.54) is 12.1 Å². The third kappa shape index (κ3) is 5.44. The molecule has 0 atom stereocenters. The minimum Gasteiger partial charge on any atom is -0.396 e. The van der Waals surface area contributed by atoms with Crippen molar-refractivity contribution < 1.29 is 31.5 Å². The maximum absolute atomic E-state index is 13.4. The fraction of sp³-hybridized carbons (Fsp3) is 0.409. The minimum atomic E-state index is -3.87. The van der Waals surface area contributed by atoms with E-state index in [4.69, 9.17) is 11.6 Å². The second-order valence-electron chi connectivity index (χ2n) is 8.55. The van der Waals surface area contributed by atoms with Gasteiger partial charge in [0.25, 0.3) is 5.91 Å². The van der Waals surface area contributed by atoms with Crippen LogP contribution in [0.15, 0.2) is 35.2 Å². The average molecular weight is 490 g/mol. The smallest absolute Gasteiger partial charge is 0.255 e. The molecule has 2 aromatic carbocycles. The Balaban J connectivity index is 1.82. The zero-order valence-corrected chi connectivity index (χ0v) is 18.9. The summed E-state index contributed by atoms with van der Waals surface area (Å²) in [6, 6.07) is 4.90. The van der Waals surface area contributed by atoms with Gasteiger partial charge in [-0.2, -0.15) is 0 Å². The van der Waals surface area contributed by atoms with Crippen LogP contribution in [0.3, 0.4) is 0 Å². The second-order valence-corrected chi connectivity index (χ2v) is 10.9. The van der Waals surface area contributed by atoms with Crippen molar-refractivity contribution in [1.29, 1.82) is 0 Å².